The van der Waals surface area contributed by atoms with Crippen LogP contribution in [-0.4, -0.2) is 14.5 Å². The summed E-state index contributed by atoms with van der Waals surface area (Å²) in [7, 11) is -4.20. The van der Waals surface area contributed by atoms with Crippen molar-refractivity contribution in [3.63, 3.8) is 0 Å². The van der Waals surface area contributed by atoms with Crippen LogP contribution in [0.15, 0.2) is 17.0 Å². The highest BCUT2D eigenvalue weighted by Crippen LogP contribution is 2.33. The summed E-state index contributed by atoms with van der Waals surface area (Å²) in [6.45, 7) is 1.68. The number of halogens is 2. The van der Waals surface area contributed by atoms with Gasteiger partial charge in [-0.25, -0.2) is 21.9 Å². The van der Waals surface area contributed by atoms with E-state index in [0.29, 0.717) is 0 Å². The van der Waals surface area contributed by atoms with Crippen molar-refractivity contribution in [3.05, 3.63) is 23.8 Å². The predicted octanol–water partition coefficient (Wildman–Crippen LogP) is 1.62. The molecule has 1 aromatic carbocycles. The summed E-state index contributed by atoms with van der Waals surface area (Å²) >= 11 is 0. The van der Waals surface area contributed by atoms with Crippen molar-refractivity contribution in [1.82, 2.24) is 4.72 Å². The van der Waals surface area contributed by atoms with Gasteiger partial charge in [-0.05, 0) is 37.8 Å². The van der Waals surface area contributed by atoms with E-state index in [0.717, 1.165) is 25.0 Å². The molecule has 0 heterocycles. The number of nitrogens with one attached hydrogen (secondary N) is 1. The normalized spacial score (nSPS) is 17.7. The quantitative estimate of drug-likeness (QED) is 0.821. The van der Waals surface area contributed by atoms with Crippen LogP contribution in [0.25, 0.3) is 0 Å². The summed E-state index contributed by atoms with van der Waals surface area (Å²) in [6, 6.07) is 1.25. The summed E-state index contributed by atoms with van der Waals surface area (Å²) in [6.07, 6.45) is 1.85. The topological polar surface area (TPSA) is 72.2 Å². The molecule has 0 aromatic heterocycles. The van der Waals surface area contributed by atoms with Gasteiger partial charge in [0.05, 0.1) is 0 Å². The molecule has 7 heteroatoms. The highest BCUT2D eigenvalue weighted by Gasteiger charge is 2.33. The van der Waals surface area contributed by atoms with Crippen LogP contribution in [0.4, 0.5) is 14.5 Å². The standard InChI is InChI=1S/C11H14F2N2O2S/c1-6(7-2-3-7)15-18(16,17)11-9(12)4-8(14)5-10(11)13/h4-7,15H,2-3,14H2,1H3. The molecule has 0 spiro atoms. The average Bonchev–Trinajstić information content (AvgIpc) is 2.95. The van der Waals surface area contributed by atoms with Crippen molar-refractivity contribution >= 4 is 15.7 Å². The Morgan fingerprint density at radius 1 is 1.33 bits per heavy atom. The lowest BCUT2D eigenvalue weighted by molar-refractivity contribution is 0.501. The van der Waals surface area contributed by atoms with E-state index in [9.17, 15) is 17.2 Å². The molecule has 0 amide bonds. The Morgan fingerprint density at radius 2 is 1.83 bits per heavy atom. The van der Waals surface area contributed by atoms with Gasteiger partial charge in [0, 0.05) is 11.7 Å². The Bertz CT molecular complexity index is 547. The van der Waals surface area contributed by atoms with E-state index in [4.69, 9.17) is 5.73 Å². The minimum Gasteiger partial charge on any atom is -0.399 e. The van der Waals surface area contributed by atoms with E-state index < -0.39 is 26.6 Å². The molecule has 1 aliphatic rings. The van der Waals surface area contributed by atoms with E-state index in [-0.39, 0.29) is 17.6 Å². The summed E-state index contributed by atoms with van der Waals surface area (Å²) in [5, 5.41) is 0. The number of sulfonamides is 1. The fourth-order valence-electron chi connectivity index (χ4n) is 1.83. The SMILES string of the molecule is CC(NS(=O)(=O)c1c(F)cc(N)cc1F)C1CC1. The first-order chi connectivity index (χ1) is 8.31. The molecule has 18 heavy (non-hydrogen) atoms. The molecule has 1 aromatic rings. The molecule has 0 radical (unpaired) electrons. The van der Waals surface area contributed by atoms with Gasteiger partial charge in [-0.1, -0.05) is 0 Å². The number of nitrogens with two attached hydrogens (primary N) is 1. The van der Waals surface area contributed by atoms with E-state index in [1.165, 1.54) is 0 Å². The second-order valence-electron chi connectivity index (χ2n) is 4.56. The lowest BCUT2D eigenvalue weighted by Crippen LogP contribution is -2.35. The molecule has 1 unspecified atom stereocenters. The Balaban J connectivity index is 2.34. The maximum absolute atomic E-state index is 13.5. The molecule has 0 saturated heterocycles. The number of hydrogen-bond donors (Lipinski definition) is 2. The van der Waals surface area contributed by atoms with Gasteiger partial charge >= 0.3 is 0 Å². The average molecular weight is 276 g/mol. The zero-order valence-corrected chi connectivity index (χ0v) is 10.6. The zero-order valence-electron chi connectivity index (χ0n) is 9.78. The van der Waals surface area contributed by atoms with Crippen LogP contribution < -0.4 is 10.5 Å². The lowest BCUT2D eigenvalue weighted by atomic mass is 10.2. The minimum atomic E-state index is -4.20. The second-order valence-corrected chi connectivity index (χ2v) is 6.21. The number of rotatable bonds is 4. The summed E-state index contributed by atoms with van der Waals surface area (Å²) in [5.74, 6) is -2.11. The molecule has 2 rings (SSSR count). The third-order valence-corrected chi connectivity index (χ3v) is 4.57. The first kappa shape index (κ1) is 13.2. The van der Waals surface area contributed by atoms with Crippen molar-refractivity contribution in [2.24, 2.45) is 5.92 Å². The van der Waals surface area contributed by atoms with E-state index in [1.54, 1.807) is 6.92 Å². The van der Waals surface area contributed by atoms with Gasteiger partial charge in [0.2, 0.25) is 10.0 Å². The van der Waals surface area contributed by atoms with Gasteiger partial charge in [-0.15, -0.1) is 0 Å². The van der Waals surface area contributed by atoms with Gasteiger partial charge in [0.25, 0.3) is 0 Å². The first-order valence-electron chi connectivity index (χ1n) is 5.58. The Hall–Kier alpha value is -1.21. The smallest absolute Gasteiger partial charge is 0.246 e. The largest absolute Gasteiger partial charge is 0.399 e. The maximum atomic E-state index is 13.5. The number of benzene rings is 1. The Morgan fingerprint density at radius 3 is 2.28 bits per heavy atom. The molecule has 1 aliphatic carbocycles. The molecule has 1 saturated carbocycles. The van der Waals surface area contributed by atoms with Crippen molar-refractivity contribution in [1.29, 1.82) is 0 Å². The fourth-order valence-corrected chi connectivity index (χ4v) is 3.26. The van der Waals surface area contributed by atoms with Crippen molar-refractivity contribution < 1.29 is 17.2 Å². The van der Waals surface area contributed by atoms with Crippen molar-refractivity contribution in [3.8, 4) is 0 Å². The van der Waals surface area contributed by atoms with Crippen LogP contribution in [0.5, 0.6) is 0 Å². The predicted molar refractivity (Wildman–Crippen MR) is 63.3 cm³/mol. The van der Waals surface area contributed by atoms with Crippen molar-refractivity contribution in [2.45, 2.75) is 30.7 Å². The highest BCUT2D eigenvalue weighted by atomic mass is 32.2. The molecule has 1 atom stereocenters. The number of anilines is 1. The summed E-state index contributed by atoms with van der Waals surface area (Å²) in [5.41, 5.74) is 5.08. The minimum absolute atomic E-state index is 0.154. The van der Waals surface area contributed by atoms with Crippen molar-refractivity contribution in [2.75, 3.05) is 5.73 Å². The summed E-state index contributed by atoms with van der Waals surface area (Å²) in [4.78, 5) is -0.968. The van der Waals surface area contributed by atoms with Gasteiger partial charge in [-0.3, -0.25) is 0 Å². The zero-order chi connectivity index (χ0) is 13.5. The molecular weight excluding hydrogens is 262 g/mol. The molecule has 1 fully saturated rings. The molecule has 3 N–H and O–H groups in total. The molecular formula is C11H14F2N2O2S. The molecule has 4 nitrogen and oxygen atoms in total. The van der Waals surface area contributed by atoms with Crippen LogP contribution in [0.2, 0.25) is 0 Å². The first-order valence-corrected chi connectivity index (χ1v) is 7.06. The molecule has 0 aliphatic heterocycles. The second kappa shape index (κ2) is 4.47. The van der Waals surface area contributed by atoms with Crippen LogP contribution in [0, 0.1) is 17.6 Å². The van der Waals surface area contributed by atoms with Gasteiger partial charge in [0.1, 0.15) is 11.6 Å². The number of nitrogen functional groups attached to an aromatic ring is 1. The summed E-state index contributed by atoms with van der Waals surface area (Å²) < 4.78 is 53.1. The Labute approximate surface area is 104 Å². The van der Waals surface area contributed by atoms with Gasteiger partial charge in [0.15, 0.2) is 4.90 Å². The lowest BCUT2D eigenvalue weighted by Gasteiger charge is -2.14. The maximum Gasteiger partial charge on any atom is 0.246 e. The van der Waals surface area contributed by atoms with E-state index >= 15 is 0 Å². The van der Waals surface area contributed by atoms with E-state index in [2.05, 4.69) is 4.72 Å². The molecule has 0 bridgehead atoms. The van der Waals surface area contributed by atoms with Crippen LogP contribution >= 0.6 is 0 Å². The third-order valence-electron chi connectivity index (χ3n) is 2.96. The Kier molecular flexibility index (Phi) is 3.29. The van der Waals surface area contributed by atoms with Crippen LogP contribution in [0.1, 0.15) is 19.8 Å². The fraction of sp³-hybridized carbons (Fsp3) is 0.455. The van der Waals surface area contributed by atoms with E-state index in [1.807, 2.05) is 0 Å². The third kappa shape index (κ3) is 2.62. The van der Waals surface area contributed by atoms with Gasteiger partial charge < -0.3 is 5.73 Å². The monoisotopic (exact) mass is 276 g/mol. The van der Waals surface area contributed by atoms with Crippen LogP contribution in [-0.2, 0) is 10.0 Å². The highest BCUT2D eigenvalue weighted by molar-refractivity contribution is 7.89. The van der Waals surface area contributed by atoms with Crippen LogP contribution in [0.3, 0.4) is 0 Å². The van der Waals surface area contributed by atoms with Gasteiger partial charge in [-0.2, -0.15) is 0 Å². The number of hydrogen-bond acceptors (Lipinski definition) is 3. The molecule has 100 valence electrons.